The lowest BCUT2D eigenvalue weighted by atomic mass is 10.0. The molecule has 23 heavy (non-hydrogen) atoms. The van der Waals surface area contributed by atoms with Crippen LogP contribution in [-0.2, 0) is 4.74 Å². The fourth-order valence-electron chi connectivity index (χ4n) is 3.54. The molecule has 1 saturated carbocycles. The van der Waals surface area contributed by atoms with E-state index in [1.54, 1.807) is 14.2 Å². The lowest BCUT2D eigenvalue weighted by Crippen LogP contribution is -2.21. The Morgan fingerprint density at radius 3 is 2.70 bits per heavy atom. The van der Waals surface area contributed by atoms with E-state index in [-0.39, 0.29) is 17.4 Å². The van der Waals surface area contributed by atoms with Crippen LogP contribution in [0.1, 0.15) is 36.5 Å². The third-order valence-corrected chi connectivity index (χ3v) is 5.36. The van der Waals surface area contributed by atoms with E-state index in [0.29, 0.717) is 17.4 Å². The second-order valence-electron chi connectivity index (χ2n) is 6.67. The number of benzene rings is 1. The second-order valence-corrected chi connectivity index (χ2v) is 6.67. The Morgan fingerprint density at radius 1 is 1.39 bits per heavy atom. The number of rotatable bonds is 6. The van der Waals surface area contributed by atoms with E-state index in [2.05, 4.69) is 17.6 Å². The highest BCUT2D eigenvalue weighted by Crippen LogP contribution is 2.53. The molecule has 1 saturated heterocycles. The van der Waals surface area contributed by atoms with Crippen LogP contribution in [0.15, 0.2) is 29.5 Å². The van der Waals surface area contributed by atoms with Crippen LogP contribution in [0.25, 0.3) is 0 Å². The molecule has 5 heteroatoms. The standard InChI is InChI=1S/C18H22N2O3/c1-10-13(6-7-14(10)22-2)19-11-4-5-12(15(8-11)23-3)17(21)18-9-16(18)20-18/h4-5,8,14,16,19-20H,6-7,9H2,1-3H3. The van der Waals surface area contributed by atoms with Crippen molar-refractivity contribution >= 4 is 11.5 Å². The topological polar surface area (TPSA) is 69.5 Å². The Hall–Kier alpha value is -1.85. The number of fused-ring (bicyclic) bond motifs is 1. The van der Waals surface area contributed by atoms with Gasteiger partial charge in [-0.2, -0.15) is 0 Å². The lowest BCUT2D eigenvalue weighted by molar-refractivity contribution is 0.0962. The van der Waals surface area contributed by atoms with Crippen LogP contribution in [0.3, 0.4) is 0 Å². The summed E-state index contributed by atoms with van der Waals surface area (Å²) in [5, 5.41) is 6.66. The van der Waals surface area contributed by atoms with Gasteiger partial charge in [-0.3, -0.25) is 10.1 Å². The molecular formula is C18H22N2O3. The number of allylic oxidation sites excluding steroid dienone is 1. The first-order chi connectivity index (χ1) is 11.1. The van der Waals surface area contributed by atoms with E-state index >= 15 is 0 Å². The van der Waals surface area contributed by atoms with Crippen LogP contribution in [0, 0.1) is 0 Å². The number of nitrogens with one attached hydrogen (secondary N) is 2. The van der Waals surface area contributed by atoms with Gasteiger partial charge in [-0.05, 0) is 43.9 Å². The van der Waals surface area contributed by atoms with Gasteiger partial charge in [-0.25, -0.2) is 0 Å². The zero-order valence-corrected chi connectivity index (χ0v) is 13.7. The van der Waals surface area contributed by atoms with Crippen LogP contribution in [0.2, 0.25) is 0 Å². The number of Topliss-reactive ketones (excluding diaryl/α,β-unsaturated/α-hetero) is 1. The van der Waals surface area contributed by atoms with Crippen molar-refractivity contribution in [3.8, 4) is 5.75 Å². The Balaban J connectivity index is 1.56. The lowest BCUT2D eigenvalue weighted by Gasteiger charge is -2.14. The van der Waals surface area contributed by atoms with Crippen molar-refractivity contribution in [3.63, 3.8) is 0 Å². The van der Waals surface area contributed by atoms with Crippen molar-refractivity contribution < 1.29 is 14.3 Å². The first kappa shape index (κ1) is 14.7. The molecule has 2 fully saturated rings. The molecule has 1 aliphatic heterocycles. The highest BCUT2D eigenvalue weighted by molar-refractivity contribution is 6.11. The number of hydrogen-bond donors (Lipinski definition) is 2. The average molecular weight is 314 g/mol. The van der Waals surface area contributed by atoms with Crippen LogP contribution >= 0.6 is 0 Å². The highest BCUT2D eigenvalue weighted by atomic mass is 16.5. The van der Waals surface area contributed by atoms with Crippen molar-refractivity contribution in [3.05, 3.63) is 35.0 Å². The molecular weight excluding hydrogens is 292 g/mol. The minimum Gasteiger partial charge on any atom is -0.496 e. The molecule has 0 amide bonds. The molecule has 0 bridgehead atoms. The van der Waals surface area contributed by atoms with Gasteiger partial charge in [0.2, 0.25) is 0 Å². The molecule has 0 spiro atoms. The summed E-state index contributed by atoms with van der Waals surface area (Å²) in [5.41, 5.74) is 3.78. The average Bonchev–Trinajstić information content (AvgIpc) is 3.40. The fourth-order valence-corrected chi connectivity index (χ4v) is 3.54. The summed E-state index contributed by atoms with van der Waals surface area (Å²) in [6.07, 6.45) is 3.14. The Bertz CT molecular complexity index is 704. The molecule has 1 aromatic carbocycles. The maximum Gasteiger partial charge on any atom is 0.188 e. The highest BCUT2D eigenvalue weighted by Gasteiger charge is 2.74. The summed E-state index contributed by atoms with van der Waals surface area (Å²) < 4.78 is 10.9. The molecule has 3 aliphatic rings. The largest absolute Gasteiger partial charge is 0.496 e. The van der Waals surface area contributed by atoms with Gasteiger partial charge < -0.3 is 14.8 Å². The van der Waals surface area contributed by atoms with Crippen LogP contribution in [0.4, 0.5) is 5.69 Å². The van der Waals surface area contributed by atoms with Gasteiger partial charge in [-0.1, -0.05) is 0 Å². The zero-order chi connectivity index (χ0) is 16.2. The molecule has 5 nitrogen and oxygen atoms in total. The van der Waals surface area contributed by atoms with Crippen LogP contribution < -0.4 is 15.4 Å². The predicted molar refractivity (Wildman–Crippen MR) is 87.9 cm³/mol. The van der Waals surface area contributed by atoms with Gasteiger partial charge >= 0.3 is 0 Å². The molecule has 2 N–H and O–H groups in total. The third-order valence-electron chi connectivity index (χ3n) is 5.36. The summed E-state index contributed by atoms with van der Waals surface area (Å²) in [6, 6.07) is 6.12. The summed E-state index contributed by atoms with van der Waals surface area (Å²) in [5.74, 6) is 0.787. The minimum absolute atomic E-state index is 0.154. The van der Waals surface area contributed by atoms with Crippen molar-refractivity contribution in [1.29, 1.82) is 0 Å². The van der Waals surface area contributed by atoms with Crippen molar-refractivity contribution in [2.75, 3.05) is 19.5 Å². The summed E-state index contributed by atoms with van der Waals surface area (Å²) in [6.45, 7) is 2.10. The van der Waals surface area contributed by atoms with Crippen molar-refractivity contribution in [2.45, 2.75) is 43.9 Å². The van der Waals surface area contributed by atoms with Gasteiger partial charge in [0.1, 0.15) is 5.75 Å². The van der Waals surface area contributed by atoms with E-state index in [0.717, 1.165) is 24.9 Å². The second kappa shape index (κ2) is 5.08. The number of carbonyl (C=O) groups excluding carboxylic acids is 1. The van der Waals surface area contributed by atoms with Gasteiger partial charge in [0, 0.05) is 30.6 Å². The summed E-state index contributed by atoms with van der Waals surface area (Å²) in [7, 11) is 3.36. The van der Waals surface area contributed by atoms with Gasteiger partial charge in [0.15, 0.2) is 5.78 Å². The molecule has 2 aliphatic carbocycles. The molecule has 3 unspecified atom stereocenters. The molecule has 0 aromatic heterocycles. The van der Waals surface area contributed by atoms with Crippen LogP contribution in [0.5, 0.6) is 5.75 Å². The van der Waals surface area contributed by atoms with Gasteiger partial charge in [-0.15, -0.1) is 0 Å². The van der Waals surface area contributed by atoms with Crippen molar-refractivity contribution in [2.24, 2.45) is 0 Å². The molecule has 122 valence electrons. The molecule has 3 atom stereocenters. The van der Waals surface area contributed by atoms with E-state index < -0.39 is 0 Å². The van der Waals surface area contributed by atoms with E-state index in [4.69, 9.17) is 9.47 Å². The number of anilines is 1. The third kappa shape index (κ3) is 2.26. The number of ether oxygens (including phenoxy) is 2. The number of ketones is 1. The normalized spacial score (nSPS) is 30.9. The number of carbonyl (C=O) groups is 1. The van der Waals surface area contributed by atoms with E-state index in [1.807, 2.05) is 18.2 Å². The SMILES string of the molecule is COc1cc(NC2=C(C)C(OC)CC2)ccc1C(=O)C12CC1N2. The van der Waals surface area contributed by atoms with Crippen molar-refractivity contribution in [1.82, 2.24) is 5.32 Å². The predicted octanol–water partition coefficient (Wildman–Crippen LogP) is 2.49. The Kier molecular flexibility index (Phi) is 3.25. The monoisotopic (exact) mass is 314 g/mol. The molecule has 0 radical (unpaired) electrons. The van der Waals surface area contributed by atoms with Gasteiger partial charge in [0.25, 0.3) is 0 Å². The number of hydrogen-bond acceptors (Lipinski definition) is 5. The summed E-state index contributed by atoms with van der Waals surface area (Å²) >= 11 is 0. The molecule has 4 rings (SSSR count). The summed E-state index contributed by atoms with van der Waals surface area (Å²) in [4.78, 5) is 12.6. The molecule has 1 aromatic rings. The number of methoxy groups -OCH3 is 2. The Labute approximate surface area is 136 Å². The smallest absolute Gasteiger partial charge is 0.188 e. The molecule has 1 heterocycles. The maximum atomic E-state index is 12.6. The Morgan fingerprint density at radius 2 is 2.13 bits per heavy atom. The van der Waals surface area contributed by atoms with Crippen LogP contribution in [-0.4, -0.2) is 37.7 Å². The first-order valence-electron chi connectivity index (χ1n) is 8.09. The first-order valence-corrected chi connectivity index (χ1v) is 8.09. The maximum absolute atomic E-state index is 12.6. The quantitative estimate of drug-likeness (QED) is 0.623. The van der Waals surface area contributed by atoms with Gasteiger partial charge in [0.05, 0.1) is 24.3 Å². The fraction of sp³-hybridized carbons (Fsp3) is 0.500. The van der Waals surface area contributed by atoms with E-state index in [9.17, 15) is 4.79 Å². The van der Waals surface area contributed by atoms with E-state index in [1.165, 1.54) is 11.3 Å². The zero-order valence-electron chi connectivity index (χ0n) is 13.7. The minimum atomic E-state index is -0.265.